The molecule has 3 atom stereocenters. The number of aliphatic hydroxyl groups excluding tert-OH is 1. The summed E-state index contributed by atoms with van der Waals surface area (Å²) in [6.45, 7) is 3.45. The molecule has 1 aromatic carbocycles. The van der Waals surface area contributed by atoms with Gasteiger partial charge in [0, 0.05) is 30.1 Å². The Balaban J connectivity index is 1.88. The Kier molecular flexibility index (Phi) is 2.98. The molecule has 0 unspecified atom stereocenters. The average Bonchev–Trinajstić information content (AvgIpc) is 2.81. The molecule has 2 heterocycles. The summed E-state index contributed by atoms with van der Waals surface area (Å²) in [6, 6.07) is 6.95. The van der Waals surface area contributed by atoms with Crippen molar-refractivity contribution < 1.29 is 9.94 Å². The van der Waals surface area contributed by atoms with Gasteiger partial charge < -0.3 is 9.94 Å². The van der Waals surface area contributed by atoms with E-state index in [0.717, 1.165) is 24.9 Å². The van der Waals surface area contributed by atoms with Gasteiger partial charge in [0.1, 0.15) is 6.61 Å². The highest BCUT2D eigenvalue weighted by Crippen LogP contribution is 2.43. The van der Waals surface area contributed by atoms with Crippen LogP contribution in [0, 0.1) is 0 Å². The van der Waals surface area contributed by atoms with Crippen LogP contribution in [0.5, 0.6) is 0 Å². The minimum atomic E-state index is -0.220. The van der Waals surface area contributed by atoms with Crippen molar-refractivity contribution in [3.8, 4) is 0 Å². The zero-order chi connectivity index (χ0) is 14.6. The normalized spacial score (nSPS) is 28.6. The summed E-state index contributed by atoms with van der Waals surface area (Å²) < 4.78 is 1.92. The van der Waals surface area contributed by atoms with Crippen LogP contribution in [-0.2, 0) is 6.42 Å². The Morgan fingerprint density at radius 1 is 1.38 bits per heavy atom. The lowest BCUT2D eigenvalue weighted by molar-refractivity contribution is 0.0354. The molecule has 4 rings (SSSR count). The molecule has 2 aliphatic rings. The lowest BCUT2D eigenvalue weighted by Crippen LogP contribution is -2.49. The number of aliphatic hydroxyl groups is 1. The Hall–Kier alpha value is -1.52. The fourth-order valence-electron chi connectivity index (χ4n) is 4.23. The molecule has 1 N–H and O–H groups in total. The Labute approximate surface area is 124 Å². The van der Waals surface area contributed by atoms with Crippen LogP contribution in [0.25, 0.3) is 10.9 Å². The number of rotatable bonds is 2. The molecule has 2 aromatic rings. The summed E-state index contributed by atoms with van der Waals surface area (Å²) in [5.41, 5.74) is 3.91. The molecule has 4 nitrogen and oxygen atoms in total. The van der Waals surface area contributed by atoms with Crippen LogP contribution in [0.4, 0.5) is 0 Å². The predicted molar refractivity (Wildman–Crippen MR) is 82.5 cm³/mol. The van der Waals surface area contributed by atoms with Gasteiger partial charge in [-0.15, -0.1) is 0 Å². The van der Waals surface area contributed by atoms with E-state index in [1.54, 1.807) is 0 Å². The summed E-state index contributed by atoms with van der Waals surface area (Å²) >= 11 is 0. The van der Waals surface area contributed by atoms with Crippen molar-refractivity contribution in [2.24, 2.45) is 0 Å². The third-order valence-electron chi connectivity index (χ3n) is 5.06. The molecule has 1 aliphatic carbocycles. The van der Waals surface area contributed by atoms with E-state index < -0.39 is 0 Å². The van der Waals surface area contributed by atoms with Crippen LogP contribution < -0.4 is 4.84 Å². The third-order valence-corrected chi connectivity index (χ3v) is 5.06. The minimum absolute atomic E-state index is 0.220. The van der Waals surface area contributed by atoms with E-state index in [1.165, 1.54) is 16.5 Å². The minimum Gasteiger partial charge on any atom is -0.414 e. The van der Waals surface area contributed by atoms with Crippen LogP contribution in [-0.4, -0.2) is 47.1 Å². The maximum Gasteiger partial charge on any atom is 0.112 e. The van der Waals surface area contributed by atoms with E-state index in [2.05, 4.69) is 36.3 Å². The molecule has 0 amide bonds. The molecular weight excluding hydrogens is 264 g/mol. The lowest BCUT2D eigenvalue weighted by Gasteiger charge is -2.44. The first kappa shape index (κ1) is 13.2. The van der Waals surface area contributed by atoms with Gasteiger partial charge in [0.05, 0.1) is 11.6 Å². The zero-order valence-corrected chi connectivity index (χ0v) is 12.6. The van der Waals surface area contributed by atoms with Crippen molar-refractivity contribution in [3.05, 3.63) is 35.5 Å². The first-order valence-corrected chi connectivity index (χ1v) is 7.83. The summed E-state index contributed by atoms with van der Waals surface area (Å²) in [5, 5.41) is 11.5. The van der Waals surface area contributed by atoms with E-state index in [9.17, 15) is 5.11 Å². The number of fused-ring (bicyclic) bond motifs is 2. The second kappa shape index (κ2) is 4.75. The first-order valence-electron chi connectivity index (χ1n) is 7.83. The standard InChI is InChI=1S/C17H22N2O2/c1-3-21-19-9-11-7-16-14(8-12(20)10-18(16)2)13-5-4-6-15(19)17(11)13/h4-6,9,12,14,16,20H,3,7-8,10H2,1-2H3/t12-,14-,16-/m1/s1. The van der Waals surface area contributed by atoms with Gasteiger partial charge in [0.25, 0.3) is 0 Å². The summed E-state index contributed by atoms with van der Waals surface area (Å²) in [4.78, 5) is 8.06. The van der Waals surface area contributed by atoms with Gasteiger partial charge in [-0.1, -0.05) is 12.1 Å². The number of β-amino-alcohol motifs (C(OH)–C–C–N with tert-alkyl or cyclic N) is 1. The number of likely N-dealkylation sites (tertiary alicyclic amines) is 1. The van der Waals surface area contributed by atoms with Crippen LogP contribution in [0.1, 0.15) is 30.4 Å². The Morgan fingerprint density at radius 2 is 2.24 bits per heavy atom. The average molecular weight is 286 g/mol. The molecule has 21 heavy (non-hydrogen) atoms. The van der Waals surface area contributed by atoms with E-state index in [0.29, 0.717) is 18.6 Å². The third kappa shape index (κ3) is 1.89. The second-order valence-corrected chi connectivity index (χ2v) is 6.35. The monoisotopic (exact) mass is 286 g/mol. The quantitative estimate of drug-likeness (QED) is 0.914. The van der Waals surface area contributed by atoms with Crippen molar-refractivity contribution in [2.45, 2.75) is 37.8 Å². The van der Waals surface area contributed by atoms with Crippen molar-refractivity contribution in [2.75, 3.05) is 20.2 Å². The Morgan fingerprint density at radius 3 is 3.05 bits per heavy atom. The summed E-state index contributed by atoms with van der Waals surface area (Å²) in [6.07, 6.45) is 3.84. The molecule has 1 aromatic heterocycles. The summed E-state index contributed by atoms with van der Waals surface area (Å²) in [5.74, 6) is 0.424. The van der Waals surface area contributed by atoms with E-state index in [-0.39, 0.29) is 6.10 Å². The van der Waals surface area contributed by atoms with Gasteiger partial charge in [-0.05, 0) is 44.0 Å². The Bertz CT molecular complexity index is 679. The van der Waals surface area contributed by atoms with Crippen LogP contribution in [0.3, 0.4) is 0 Å². The number of benzene rings is 1. The molecule has 0 spiro atoms. The lowest BCUT2D eigenvalue weighted by atomic mass is 9.74. The largest absolute Gasteiger partial charge is 0.414 e. The fraction of sp³-hybridized carbons (Fsp3) is 0.529. The SMILES string of the molecule is CCOn1cc2c3c(cccc31)[C@H]1C[C@@H](O)CN(C)[C@@H]1C2. The summed E-state index contributed by atoms with van der Waals surface area (Å²) in [7, 11) is 2.13. The number of piperidine rings is 1. The molecule has 0 radical (unpaired) electrons. The van der Waals surface area contributed by atoms with E-state index in [1.807, 2.05) is 11.7 Å². The smallest absolute Gasteiger partial charge is 0.112 e. The molecule has 0 bridgehead atoms. The molecule has 1 fully saturated rings. The highest BCUT2D eigenvalue weighted by Gasteiger charge is 2.39. The van der Waals surface area contributed by atoms with Gasteiger partial charge in [0.2, 0.25) is 0 Å². The molecule has 0 saturated carbocycles. The van der Waals surface area contributed by atoms with Crippen molar-refractivity contribution in [1.29, 1.82) is 0 Å². The van der Waals surface area contributed by atoms with Gasteiger partial charge >= 0.3 is 0 Å². The van der Waals surface area contributed by atoms with E-state index in [4.69, 9.17) is 4.84 Å². The highest BCUT2D eigenvalue weighted by molar-refractivity contribution is 5.88. The van der Waals surface area contributed by atoms with Crippen molar-refractivity contribution in [3.63, 3.8) is 0 Å². The van der Waals surface area contributed by atoms with Gasteiger partial charge in [-0.25, -0.2) is 0 Å². The van der Waals surface area contributed by atoms with Gasteiger partial charge in [-0.3, -0.25) is 4.90 Å². The number of hydrogen-bond acceptors (Lipinski definition) is 3. The van der Waals surface area contributed by atoms with Gasteiger partial charge in [0.15, 0.2) is 0 Å². The fourth-order valence-corrected chi connectivity index (χ4v) is 4.23. The number of aromatic nitrogens is 1. The number of likely N-dealkylation sites (N-methyl/N-ethyl adjacent to an activating group) is 1. The molecule has 4 heteroatoms. The number of nitrogens with zero attached hydrogens (tertiary/aromatic N) is 2. The van der Waals surface area contributed by atoms with E-state index >= 15 is 0 Å². The first-order chi connectivity index (χ1) is 10.2. The topological polar surface area (TPSA) is 37.6 Å². The highest BCUT2D eigenvalue weighted by atomic mass is 16.7. The predicted octanol–water partition coefficient (Wildman–Crippen LogP) is 1.79. The molecule has 112 valence electrons. The zero-order valence-electron chi connectivity index (χ0n) is 12.6. The number of hydrogen-bond donors (Lipinski definition) is 1. The molecule has 1 aliphatic heterocycles. The molecular formula is C17H22N2O2. The van der Waals surface area contributed by atoms with Crippen LogP contribution >= 0.6 is 0 Å². The van der Waals surface area contributed by atoms with Crippen molar-refractivity contribution in [1.82, 2.24) is 9.63 Å². The maximum absolute atomic E-state index is 10.1. The van der Waals surface area contributed by atoms with Gasteiger partial charge in [-0.2, -0.15) is 4.73 Å². The molecule has 1 saturated heterocycles. The second-order valence-electron chi connectivity index (χ2n) is 6.35. The van der Waals surface area contributed by atoms with Crippen LogP contribution in [0.15, 0.2) is 24.4 Å². The maximum atomic E-state index is 10.1. The van der Waals surface area contributed by atoms with Crippen LogP contribution in [0.2, 0.25) is 0 Å². The van der Waals surface area contributed by atoms with Crippen molar-refractivity contribution >= 4 is 10.9 Å².